The zero-order valence-corrected chi connectivity index (χ0v) is 14.5. The van der Waals surface area contributed by atoms with Crippen LogP contribution in [-0.2, 0) is 4.79 Å². The van der Waals surface area contributed by atoms with Crippen molar-refractivity contribution in [3.05, 3.63) is 29.3 Å². The zero-order chi connectivity index (χ0) is 15.3. The fraction of sp³-hybridized carbons (Fsp3) is 0.562. The maximum Gasteiger partial charge on any atom is 0.222 e. The molecule has 1 aliphatic rings. The number of carbonyl (C=O) groups is 1. The predicted molar refractivity (Wildman–Crippen MR) is 91.8 cm³/mol. The fourth-order valence-corrected chi connectivity index (χ4v) is 2.72. The number of para-hydroxylation sites is 1. The molecule has 1 aliphatic heterocycles. The predicted octanol–water partition coefficient (Wildman–Crippen LogP) is 3.12. The second-order valence-electron chi connectivity index (χ2n) is 5.96. The van der Waals surface area contributed by atoms with Gasteiger partial charge in [0.25, 0.3) is 0 Å². The molecule has 4 nitrogen and oxygen atoms in total. The molecule has 0 spiro atoms. The van der Waals surface area contributed by atoms with Gasteiger partial charge < -0.3 is 15.4 Å². The number of halogens is 2. The summed E-state index contributed by atoms with van der Waals surface area (Å²) < 4.78 is 5.59. The number of nitrogens with two attached hydrogens (primary N) is 1. The van der Waals surface area contributed by atoms with E-state index in [9.17, 15) is 4.79 Å². The molecule has 1 saturated heterocycles. The smallest absolute Gasteiger partial charge is 0.222 e. The number of benzene rings is 1. The lowest BCUT2D eigenvalue weighted by Gasteiger charge is -2.22. The topological polar surface area (TPSA) is 55.6 Å². The second kappa shape index (κ2) is 8.61. The summed E-state index contributed by atoms with van der Waals surface area (Å²) in [5.74, 6) is 0.860. The lowest BCUT2D eigenvalue weighted by molar-refractivity contribution is -0.130. The Bertz CT molecular complexity index is 499. The van der Waals surface area contributed by atoms with Gasteiger partial charge >= 0.3 is 0 Å². The van der Waals surface area contributed by atoms with Crippen LogP contribution in [0, 0.1) is 5.41 Å². The Morgan fingerprint density at radius 3 is 2.82 bits per heavy atom. The fourth-order valence-electron chi connectivity index (χ4n) is 2.53. The van der Waals surface area contributed by atoms with Crippen LogP contribution in [0.15, 0.2) is 24.3 Å². The first-order valence-corrected chi connectivity index (χ1v) is 7.77. The average molecular weight is 347 g/mol. The van der Waals surface area contributed by atoms with Crippen LogP contribution in [0.3, 0.4) is 0 Å². The molecule has 0 radical (unpaired) electrons. The number of hydrogen-bond donors (Lipinski definition) is 1. The van der Waals surface area contributed by atoms with Crippen LogP contribution in [0.2, 0.25) is 5.02 Å². The molecule has 1 heterocycles. The molecule has 6 heteroatoms. The molecular formula is C16H24Cl2N2O2. The van der Waals surface area contributed by atoms with E-state index in [1.807, 2.05) is 23.1 Å². The molecule has 2 rings (SSSR count). The van der Waals surface area contributed by atoms with Gasteiger partial charge in [-0.1, -0.05) is 30.7 Å². The number of rotatable bonds is 6. The number of amides is 1. The molecule has 124 valence electrons. The van der Waals surface area contributed by atoms with E-state index in [-0.39, 0.29) is 23.7 Å². The van der Waals surface area contributed by atoms with E-state index in [1.165, 1.54) is 0 Å². The lowest BCUT2D eigenvalue weighted by Crippen LogP contribution is -2.34. The summed E-state index contributed by atoms with van der Waals surface area (Å²) >= 11 is 6.00. The van der Waals surface area contributed by atoms with E-state index in [2.05, 4.69) is 6.92 Å². The summed E-state index contributed by atoms with van der Waals surface area (Å²) in [6, 6.07) is 7.36. The third-order valence-corrected chi connectivity index (χ3v) is 4.34. The molecule has 0 aliphatic carbocycles. The second-order valence-corrected chi connectivity index (χ2v) is 6.37. The van der Waals surface area contributed by atoms with Crippen molar-refractivity contribution in [1.82, 2.24) is 4.90 Å². The Balaban J connectivity index is 0.00000242. The van der Waals surface area contributed by atoms with Gasteiger partial charge in [0.15, 0.2) is 0 Å². The molecule has 0 aromatic heterocycles. The quantitative estimate of drug-likeness (QED) is 0.805. The normalized spacial score (nSPS) is 20.6. The van der Waals surface area contributed by atoms with Crippen LogP contribution in [0.4, 0.5) is 0 Å². The van der Waals surface area contributed by atoms with E-state index >= 15 is 0 Å². The highest BCUT2D eigenvalue weighted by molar-refractivity contribution is 6.32. The molecule has 1 fully saturated rings. The van der Waals surface area contributed by atoms with Crippen LogP contribution in [0.5, 0.6) is 5.75 Å². The van der Waals surface area contributed by atoms with Crippen LogP contribution < -0.4 is 10.5 Å². The minimum absolute atomic E-state index is 0. The van der Waals surface area contributed by atoms with Gasteiger partial charge in [-0.25, -0.2) is 0 Å². The molecule has 22 heavy (non-hydrogen) atoms. The van der Waals surface area contributed by atoms with E-state index in [0.717, 1.165) is 19.5 Å². The first-order valence-electron chi connectivity index (χ1n) is 7.39. The molecule has 1 aromatic carbocycles. The number of carbonyl (C=O) groups excluding carboxylic acids is 1. The van der Waals surface area contributed by atoms with E-state index in [0.29, 0.717) is 36.8 Å². The summed E-state index contributed by atoms with van der Waals surface area (Å²) in [5, 5.41) is 0.599. The molecule has 1 unspecified atom stereocenters. The van der Waals surface area contributed by atoms with Crippen molar-refractivity contribution in [2.45, 2.75) is 26.2 Å². The number of nitrogens with zero attached hydrogens (tertiary/aromatic N) is 1. The van der Waals surface area contributed by atoms with Gasteiger partial charge in [0.05, 0.1) is 11.6 Å². The Morgan fingerprint density at radius 1 is 1.45 bits per heavy atom. The van der Waals surface area contributed by atoms with Crippen LogP contribution in [0.1, 0.15) is 26.2 Å². The van der Waals surface area contributed by atoms with Gasteiger partial charge in [-0.2, -0.15) is 0 Å². The molecule has 0 bridgehead atoms. The summed E-state index contributed by atoms with van der Waals surface area (Å²) in [6.45, 7) is 4.86. The molecule has 1 atom stereocenters. The molecule has 1 amide bonds. The maximum atomic E-state index is 12.1. The third-order valence-electron chi connectivity index (χ3n) is 4.03. The van der Waals surface area contributed by atoms with Gasteiger partial charge in [-0.05, 0) is 36.9 Å². The largest absolute Gasteiger partial charge is 0.492 e. The van der Waals surface area contributed by atoms with Crippen molar-refractivity contribution in [2.24, 2.45) is 11.1 Å². The third kappa shape index (κ3) is 5.04. The molecule has 1 aromatic rings. The number of ether oxygens (including phenoxy) is 1. The minimum Gasteiger partial charge on any atom is -0.492 e. The van der Waals surface area contributed by atoms with Gasteiger partial charge in [0.2, 0.25) is 5.91 Å². The SMILES string of the molecule is CC1(CN)CCN(C(=O)CCCOc2ccccc2Cl)C1.Cl. The molecule has 0 saturated carbocycles. The molecular weight excluding hydrogens is 323 g/mol. The minimum atomic E-state index is 0. The van der Waals surface area contributed by atoms with Gasteiger partial charge in [0.1, 0.15) is 5.75 Å². The van der Waals surface area contributed by atoms with E-state index < -0.39 is 0 Å². The Labute approximate surface area is 143 Å². The maximum absolute atomic E-state index is 12.1. The highest BCUT2D eigenvalue weighted by Crippen LogP contribution is 2.29. The summed E-state index contributed by atoms with van der Waals surface area (Å²) in [4.78, 5) is 14.0. The van der Waals surface area contributed by atoms with E-state index in [1.54, 1.807) is 6.07 Å². The van der Waals surface area contributed by atoms with Crippen LogP contribution in [0.25, 0.3) is 0 Å². The van der Waals surface area contributed by atoms with Crippen molar-refractivity contribution >= 4 is 29.9 Å². The number of hydrogen-bond acceptors (Lipinski definition) is 3. The highest BCUT2D eigenvalue weighted by atomic mass is 35.5. The number of likely N-dealkylation sites (tertiary alicyclic amines) is 1. The van der Waals surface area contributed by atoms with Gasteiger partial charge in [-0.15, -0.1) is 12.4 Å². The first kappa shape index (κ1) is 19.1. The monoisotopic (exact) mass is 346 g/mol. The Kier molecular flexibility index (Phi) is 7.46. The summed E-state index contributed by atoms with van der Waals surface area (Å²) in [6.07, 6.45) is 2.19. The van der Waals surface area contributed by atoms with Crippen LogP contribution in [-0.4, -0.2) is 37.0 Å². The first-order chi connectivity index (χ1) is 10.0. The van der Waals surface area contributed by atoms with Gasteiger partial charge in [0, 0.05) is 19.5 Å². The van der Waals surface area contributed by atoms with Crippen LogP contribution >= 0.6 is 24.0 Å². The van der Waals surface area contributed by atoms with Crippen molar-refractivity contribution in [2.75, 3.05) is 26.2 Å². The average Bonchev–Trinajstić information content (AvgIpc) is 2.88. The standard InChI is InChI=1S/C16H23ClN2O2.ClH/c1-16(11-18)8-9-19(12-16)15(20)7-4-10-21-14-6-3-2-5-13(14)17;/h2-3,5-6H,4,7-12,18H2,1H3;1H. The van der Waals surface area contributed by atoms with Crippen molar-refractivity contribution in [3.8, 4) is 5.75 Å². The summed E-state index contributed by atoms with van der Waals surface area (Å²) in [5.41, 5.74) is 5.85. The van der Waals surface area contributed by atoms with Crippen molar-refractivity contribution in [3.63, 3.8) is 0 Å². The Hall–Kier alpha value is -0.970. The zero-order valence-electron chi connectivity index (χ0n) is 12.9. The van der Waals surface area contributed by atoms with Gasteiger partial charge in [-0.3, -0.25) is 4.79 Å². The van der Waals surface area contributed by atoms with E-state index in [4.69, 9.17) is 22.1 Å². The lowest BCUT2D eigenvalue weighted by atomic mass is 9.90. The highest BCUT2D eigenvalue weighted by Gasteiger charge is 2.34. The Morgan fingerprint density at radius 2 is 2.18 bits per heavy atom. The summed E-state index contributed by atoms with van der Waals surface area (Å²) in [7, 11) is 0. The molecule has 2 N–H and O–H groups in total. The van der Waals surface area contributed by atoms with Crippen molar-refractivity contribution < 1.29 is 9.53 Å². The van der Waals surface area contributed by atoms with Crippen molar-refractivity contribution in [1.29, 1.82) is 0 Å².